The Morgan fingerprint density at radius 3 is 2.73 bits per heavy atom. The summed E-state index contributed by atoms with van der Waals surface area (Å²) in [5.74, 6) is 1.65. The van der Waals surface area contributed by atoms with Crippen LogP contribution in [0.4, 0.5) is 5.82 Å². The molecule has 0 saturated carbocycles. The Hall–Kier alpha value is -1.52. The van der Waals surface area contributed by atoms with Crippen molar-refractivity contribution in [2.24, 2.45) is 0 Å². The maximum atomic E-state index is 5.61. The number of anilines is 1. The molecule has 84 valence electrons. The first-order chi connectivity index (χ1) is 7.22. The van der Waals surface area contributed by atoms with E-state index >= 15 is 0 Å². The molecule has 1 rings (SSSR count). The molecule has 0 spiro atoms. The molecule has 1 aromatic rings. The molecule has 0 aliphatic rings. The van der Waals surface area contributed by atoms with E-state index in [2.05, 4.69) is 22.2 Å². The molecule has 5 heteroatoms. The average molecular weight is 211 g/mol. The van der Waals surface area contributed by atoms with Crippen molar-refractivity contribution in [3.05, 3.63) is 6.33 Å². The predicted octanol–water partition coefficient (Wildman–Crippen LogP) is 1.70. The molecule has 1 atom stereocenters. The zero-order chi connectivity index (χ0) is 11.3. The van der Waals surface area contributed by atoms with E-state index in [0.717, 1.165) is 6.42 Å². The van der Waals surface area contributed by atoms with Crippen LogP contribution in [-0.2, 0) is 0 Å². The molecule has 5 nitrogen and oxygen atoms in total. The van der Waals surface area contributed by atoms with E-state index in [0.29, 0.717) is 17.4 Å². The average Bonchev–Trinajstić information content (AvgIpc) is 2.28. The third-order valence-electron chi connectivity index (χ3n) is 2.10. The summed E-state index contributed by atoms with van der Waals surface area (Å²) in [7, 11) is 3.35. The monoisotopic (exact) mass is 211 g/mol. The maximum Gasteiger partial charge on any atom is 0.262 e. The standard InChI is InChI=1S/C10H17N3O2/c1-5-7(2)15-10-8(14-4)9(11-3)12-6-13-10/h6-7H,5H2,1-4H3,(H,11,12,13). The van der Waals surface area contributed by atoms with E-state index in [1.54, 1.807) is 14.2 Å². The fourth-order valence-electron chi connectivity index (χ4n) is 1.08. The first-order valence-corrected chi connectivity index (χ1v) is 4.96. The fourth-order valence-corrected chi connectivity index (χ4v) is 1.08. The van der Waals surface area contributed by atoms with Crippen molar-refractivity contribution < 1.29 is 9.47 Å². The normalized spacial score (nSPS) is 12.0. The van der Waals surface area contributed by atoms with E-state index in [-0.39, 0.29) is 6.10 Å². The molecule has 0 aliphatic carbocycles. The van der Waals surface area contributed by atoms with Gasteiger partial charge in [-0.1, -0.05) is 6.92 Å². The van der Waals surface area contributed by atoms with Gasteiger partial charge in [-0.2, -0.15) is 4.98 Å². The van der Waals surface area contributed by atoms with Gasteiger partial charge in [-0.3, -0.25) is 0 Å². The Morgan fingerprint density at radius 1 is 1.47 bits per heavy atom. The number of nitrogens with one attached hydrogen (secondary N) is 1. The quantitative estimate of drug-likeness (QED) is 0.803. The van der Waals surface area contributed by atoms with Gasteiger partial charge in [0.1, 0.15) is 6.33 Å². The minimum absolute atomic E-state index is 0.110. The molecule has 1 aromatic heterocycles. The van der Waals surface area contributed by atoms with Crippen LogP contribution in [0.3, 0.4) is 0 Å². The molecule has 15 heavy (non-hydrogen) atoms. The van der Waals surface area contributed by atoms with Crippen molar-refractivity contribution in [1.29, 1.82) is 0 Å². The summed E-state index contributed by atoms with van der Waals surface area (Å²) in [6, 6.07) is 0. The number of aromatic nitrogens is 2. The fraction of sp³-hybridized carbons (Fsp3) is 0.600. The Bertz CT molecular complexity index is 318. The van der Waals surface area contributed by atoms with E-state index in [1.807, 2.05) is 6.92 Å². The van der Waals surface area contributed by atoms with E-state index in [4.69, 9.17) is 9.47 Å². The SMILES string of the molecule is CCC(C)Oc1ncnc(NC)c1OC. The Labute approximate surface area is 89.8 Å². The van der Waals surface area contributed by atoms with Crippen molar-refractivity contribution in [2.45, 2.75) is 26.4 Å². The molecule has 1 unspecified atom stereocenters. The number of ether oxygens (including phenoxy) is 2. The van der Waals surface area contributed by atoms with Gasteiger partial charge in [-0.25, -0.2) is 4.98 Å². The molecule has 0 amide bonds. The van der Waals surface area contributed by atoms with Crippen LogP contribution in [-0.4, -0.2) is 30.2 Å². The molecule has 0 radical (unpaired) electrons. The van der Waals surface area contributed by atoms with Crippen LogP contribution < -0.4 is 14.8 Å². The minimum Gasteiger partial charge on any atom is -0.489 e. The zero-order valence-electron chi connectivity index (χ0n) is 9.57. The van der Waals surface area contributed by atoms with Gasteiger partial charge in [0.25, 0.3) is 5.88 Å². The van der Waals surface area contributed by atoms with Crippen LogP contribution in [0.25, 0.3) is 0 Å². The lowest BCUT2D eigenvalue weighted by molar-refractivity contribution is 0.198. The Kier molecular flexibility index (Phi) is 4.15. The maximum absolute atomic E-state index is 5.61. The number of hydrogen-bond acceptors (Lipinski definition) is 5. The molecular weight excluding hydrogens is 194 g/mol. The minimum atomic E-state index is 0.110. The van der Waals surface area contributed by atoms with Crippen molar-refractivity contribution in [3.8, 4) is 11.6 Å². The van der Waals surface area contributed by atoms with Crippen LogP contribution >= 0.6 is 0 Å². The summed E-state index contributed by atoms with van der Waals surface area (Å²) >= 11 is 0. The predicted molar refractivity (Wildman–Crippen MR) is 58.5 cm³/mol. The molecule has 0 saturated heterocycles. The van der Waals surface area contributed by atoms with Gasteiger partial charge in [0, 0.05) is 7.05 Å². The third kappa shape index (κ3) is 2.71. The second-order valence-electron chi connectivity index (χ2n) is 3.15. The number of nitrogens with zero attached hydrogens (tertiary/aromatic N) is 2. The lowest BCUT2D eigenvalue weighted by Gasteiger charge is -2.15. The third-order valence-corrected chi connectivity index (χ3v) is 2.10. The van der Waals surface area contributed by atoms with Gasteiger partial charge in [0.15, 0.2) is 5.82 Å². The van der Waals surface area contributed by atoms with Crippen LogP contribution in [0.1, 0.15) is 20.3 Å². The lowest BCUT2D eigenvalue weighted by atomic mass is 10.3. The second kappa shape index (κ2) is 5.38. The van der Waals surface area contributed by atoms with Crippen LogP contribution in [0.5, 0.6) is 11.6 Å². The van der Waals surface area contributed by atoms with Crippen molar-refractivity contribution in [2.75, 3.05) is 19.5 Å². The molecule has 0 bridgehead atoms. The van der Waals surface area contributed by atoms with Crippen LogP contribution in [0, 0.1) is 0 Å². The van der Waals surface area contributed by atoms with Gasteiger partial charge in [-0.15, -0.1) is 0 Å². The largest absolute Gasteiger partial charge is 0.489 e. The molecule has 0 aliphatic heterocycles. The summed E-state index contributed by atoms with van der Waals surface area (Å²) in [6.07, 6.45) is 2.48. The van der Waals surface area contributed by atoms with E-state index < -0.39 is 0 Å². The topological polar surface area (TPSA) is 56.3 Å². The van der Waals surface area contributed by atoms with Gasteiger partial charge in [0.2, 0.25) is 5.75 Å². The molecule has 1 heterocycles. The second-order valence-corrected chi connectivity index (χ2v) is 3.15. The van der Waals surface area contributed by atoms with Crippen molar-refractivity contribution >= 4 is 5.82 Å². The van der Waals surface area contributed by atoms with Crippen LogP contribution in [0.15, 0.2) is 6.33 Å². The van der Waals surface area contributed by atoms with E-state index in [1.165, 1.54) is 6.33 Å². The zero-order valence-corrected chi connectivity index (χ0v) is 9.57. The smallest absolute Gasteiger partial charge is 0.262 e. The van der Waals surface area contributed by atoms with Crippen molar-refractivity contribution in [1.82, 2.24) is 9.97 Å². The van der Waals surface area contributed by atoms with Gasteiger partial charge >= 0.3 is 0 Å². The van der Waals surface area contributed by atoms with Gasteiger partial charge < -0.3 is 14.8 Å². The summed E-state index contributed by atoms with van der Waals surface area (Å²) in [5, 5.41) is 2.92. The Morgan fingerprint density at radius 2 is 2.20 bits per heavy atom. The highest BCUT2D eigenvalue weighted by atomic mass is 16.5. The molecule has 0 fully saturated rings. The number of methoxy groups -OCH3 is 1. The first kappa shape index (κ1) is 11.6. The van der Waals surface area contributed by atoms with E-state index in [9.17, 15) is 0 Å². The summed E-state index contributed by atoms with van der Waals surface area (Å²) < 4.78 is 10.8. The molecular formula is C10H17N3O2. The highest BCUT2D eigenvalue weighted by Gasteiger charge is 2.14. The first-order valence-electron chi connectivity index (χ1n) is 4.96. The molecule has 1 N–H and O–H groups in total. The van der Waals surface area contributed by atoms with Gasteiger partial charge in [-0.05, 0) is 13.3 Å². The van der Waals surface area contributed by atoms with Crippen LogP contribution in [0.2, 0.25) is 0 Å². The number of rotatable bonds is 5. The highest BCUT2D eigenvalue weighted by Crippen LogP contribution is 2.31. The Balaban J connectivity index is 2.95. The van der Waals surface area contributed by atoms with Crippen molar-refractivity contribution in [3.63, 3.8) is 0 Å². The lowest BCUT2D eigenvalue weighted by Crippen LogP contribution is -2.12. The molecule has 0 aromatic carbocycles. The summed E-state index contributed by atoms with van der Waals surface area (Å²) in [6.45, 7) is 4.04. The number of hydrogen-bond donors (Lipinski definition) is 1. The highest BCUT2D eigenvalue weighted by molar-refractivity contribution is 5.54. The summed E-state index contributed by atoms with van der Waals surface area (Å²) in [5.41, 5.74) is 0. The van der Waals surface area contributed by atoms with Gasteiger partial charge in [0.05, 0.1) is 13.2 Å². The summed E-state index contributed by atoms with van der Waals surface area (Å²) in [4.78, 5) is 8.08.